The molecule has 0 unspecified atom stereocenters. The van der Waals surface area contributed by atoms with Crippen molar-refractivity contribution >= 4 is 44.8 Å². The number of carbonyl (C=O) groups excluding carboxylic acids is 1. The number of nitrogen functional groups attached to an aromatic ring is 1. The van der Waals surface area contributed by atoms with Crippen LogP contribution in [0.4, 0.5) is 5.69 Å². The lowest BCUT2D eigenvalue weighted by Gasteiger charge is -2.29. The second-order valence-electron chi connectivity index (χ2n) is 5.12. The molecule has 114 valence electrons. The van der Waals surface area contributed by atoms with E-state index in [-0.39, 0.29) is 10.7 Å². The van der Waals surface area contributed by atoms with Crippen molar-refractivity contribution < 1.29 is 4.79 Å². The van der Waals surface area contributed by atoms with Gasteiger partial charge in [0.25, 0.3) is 5.91 Å². The molecule has 0 bridgehead atoms. The first-order valence-corrected chi connectivity index (χ1v) is 9.21. The first-order chi connectivity index (χ1) is 10.1. The Kier molecular flexibility index (Phi) is 5.17. The van der Waals surface area contributed by atoms with E-state index in [1.54, 1.807) is 0 Å². The van der Waals surface area contributed by atoms with E-state index in [4.69, 9.17) is 5.73 Å². The maximum absolute atomic E-state index is 12.4. The quantitative estimate of drug-likeness (QED) is 0.840. The van der Waals surface area contributed by atoms with Crippen molar-refractivity contribution in [1.82, 2.24) is 5.32 Å². The molecule has 0 aliphatic heterocycles. The lowest BCUT2D eigenvalue weighted by Crippen LogP contribution is -2.39. The Morgan fingerprint density at radius 2 is 2.00 bits per heavy atom. The summed E-state index contributed by atoms with van der Waals surface area (Å²) >= 11 is 3.28. The third kappa shape index (κ3) is 3.19. The van der Waals surface area contributed by atoms with Crippen LogP contribution in [-0.4, -0.2) is 23.5 Å². The third-order valence-corrected chi connectivity index (χ3v) is 6.91. The van der Waals surface area contributed by atoms with Gasteiger partial charge < -0.3 is 11.1 Å². The molecule has 3 N–H and O–H groups in total. The second kappa shape index (κ2) is 6.71. The highest BCUT2D eigenvalue weighted by Crippen LogP contribution is 2.34. The standard InChI is InChI=1S/C16H22N2OS2/c1-4-16(5-2,20-3)10-18-15(19)14-13(17)11-8-6-7-9-12(11)21-14/h6-9H,4-5,10,17H2,1-3H3,(H,18,19). The van der Waals surface area contributed by atoms with Crippen molar-refractivity contribution in [2.75, 3.05) is 18.5 Å². The van der Waals surface area contributed by atoms with Crippen molar-refractivity contribution in [3.05, 3.63) is 29.1 Å². The molecule has 1 aromatic heterocycles. The molecule has 1 amide bonds. The van der Waals surface area contributed by atoms with Crippen LogP contribution in [0.5, 0.6) is 0 Å². The largest absolute Gasteiger partial charge is 0.397 e. The average molecular weight is 322 g/mol. The van der Waals surface area contributed by atoms with Crippen molar-refractivity contribution in [3.63, 3.8) is 0 Å². The summed E-state index contributed by atoms with van der Waals surface area (Å²) in [6.45, 7) is 5.01. The van der Waals surface area contributed by atoms with Gasteiger partial charge in [-0.05, 0) is 25.2 Å². The number of fused-ring (bicyclic) bond motifs is 1. The SMILES string of the molecule is CCC(CC)(CNC(=O)c1sc2ccccc2c1N)SC. The molecule has 5 heteroatoms. The van der Waals surface area contributed by atoms with E-state index in [2.05, 4.69) is 25.4 Å². The van der Waals surface area contributed by atoms with E-state index >= 15 is 0 Å². The van der Waals surface area contributed by atoms with E-state index < -0.39 is 0 Å². The van der Waals surface area contributed by atoms with Gasteiger partial charge in [0.2, 0.25) is 0 Å². The van der Waals surface area contributed by atoms with E-state index in [1.165, 1.54) is 11.3 Å². The molecule has 0 saturated heterocycles. The van der Waals surface area contributed by atoms with Gasteiger partial charge in [-0.3, -0.25) is 4.79 Å². The maximum Gasteiger partial charge on any atom is 0.263 e. The fraction of sp³-hybridized carbons (Fsp3) is 0.438. The second-order valence-corrected chi connectivity index (χ2v) is 7.44. The normalized spacial score (nSPS) is 11.8. The van der Waals surface area contributed by atoms with Crippen LogP contribution in [0.2, 0.25) is 0 Å². The highest BCUT2D eigenvalue weighted by atomic mass is 32.2. The van der Waals surface area contributed by atoms with E-state index in [1.807, 2.05) is 36.0 Å². The Balaban J connectivity index is 2.17. The zero-order chi connectivity index (χ0) is 15.5. The van der Waals surface area contributed by atoms with E-state index in [0.29, 0.717) is 17.1 Å². The number of rotatable bonds is 6. The Hall–Kier alpha value is -1.20. The lowest BCUT2D eigenvalue weighted by molar-refractivity contribution is 0.0954. The minimum absolute atomic E-state index is 0.0611. The molecule has 0 spiro atoms. The number of thiophene rings is 1. The monoisotopic (exact) mass is 322 g/mol. The summed E-state index contributed by atoms with van der Waals surface area (Å²) in [5, 5.41) is 4.03. The third-order valence-electron chi connectivity index (χ3n) is 4.13. The Morgan fingerprint density at radius 3 is 2.57 bits per heavy atom. The minimum Gasteiger partial charge on any atom is -0.397 e. The predicted octanol–water partition coefficient (Wildman–Crippen LogP) is 4.14. The molecule has 1 aromatic carbocycles. The van der Waals surface area contributed by atoms with Gasteiger partial charge in [0.15, 0.2) is 0 Å². The first kappa shape index (κ1) is 16.2. The lowest BCUT2D eigenvalue weighted by atomic mass is 10.0. The van der Waals surface area contributed by atoms with Crippen molar-refractivity contribution in [2.24, 2.45) is 0 Å². The molecule has 2 rings (SSSR count). The van der Waals surface area contributed by atoms with Gasteiger partial charge >= 0.3 is 0 Å². The minimum atomic E-state index is -0.0611. The summed E-state index contributed by atoms with van der Waals surface area (Å²) in [5.74, 6) is -0.0611. The van der Waals surface area contributed by atoms with E-state index in [9.17, 15) is 4.79 Å². The first-order valence-electron chi connectivity index (χ1n) is 7.17. The van der Waals surface area contributed by atoms with Gasteiger partial charge in [0.05, 0.1) is 5.69 Å². The van der Waals surface area contributed by atoms with Crippen LogP contribution in [0.1, 0.15) is 36.4 Å². The number of benzene rings is 1. The van der Waals surface area contributed by atoms with Gasteiger partial charge in [-0.15, -0.1) is 11.3 Å². The number of carbonyl (C=O) groups is 1. The topological polar surface area (TPSA) is 55.1 Å². The highest BCUT2D eigenvalue weighted by Gasteiger charge is 2.26. The van der Waals surface area contributed by atoms with Gasteiger partial charge in [0.1, 0.15) is 4.88 Å². The summed E-state index contributed by atoms with van der Waals surface area (Å²) in [5.41, 5.74) is 6.71. The molecular formula is C16H22N2OS2. The zero-order valence-corrected chi connectivity index (χ0v) is 14.4. The Morgan fingerprint density at radius 1 is 1.33 bits per heavy atom. The van der Waals surface area contributed by atoms with Crippen LogP contribution < -0.4 is 11.1 Å². The van der Waals surface area contributed by atoms with Crippen molar-refractivity contribution in [3.8, 4) is 0 Å². The molecule has 0 radical (unpaired) electrons. The van der Waals surface area contributed by atoms with Crippen LogP contribution in [0.25, 0.3) is 10.1 Å². The molecule has 2 aromatic rings. The van der Waals surface area contributed by atoms with Crippen LogP contribution in [0.15, 0.2) is 24.3 Å². The van der Waals surface area contributed by atoms with Crippen LogP contribution in [0.3, 0.4) is 0 Å². The fourth-order valence-corrected chi connectivity index (χ4v) is 4.25. The predicted molar refractivity (Wildman–Crippen MR) is 95.4 cm³/mol. The molecule has 3 nitrogen and oxygen atoms in total. The van der Waals surface area contributed by atoms with E-state index in [0.717, 1.165) is 22.9 Å². The fourth-order valence-electron chi connectivity index (χ4n) is 2.42. The zero-order valence-electron chi connectivity index (χ0n) is 12.7. The number of nitrogens with two attached hydrogens (primary N) is 1. The van der Waals surface area contributed by atoms with Gasteiger partial charge in [-0.1, -0.05) is 32.0 Å². The van der Waals surface area contributed by atoms with Gasteiger partial charge in [-0.2, -0.15) is 11.8 Å². The summed E-state index contributed by atoms with van der Waals surface area (Å²) < 4.78 is 1.17. The van der Waals surface area contributed by atoms with Crippen molar-refractivity contribution in [1.29, 1.82) is 0 Å². The average Bonchev–Trinajstić information content (AvgIpc) is 2.87. The van der Waals surface area contributed by atoms with Crippen LogP contribution in [0, 0.1) is 0 Å². The summed E-state index contributed by atoms with van der Waals surface area (Å²) in [6, 6.07) is 7.87. The van der Waals surface area contributed by atoms with Gasteiger partial charge in [0, 0.05) is 21.4 Å². The Bertz CT molecular complexity index is 624. The molecule has 0 aliphatic rings. The van der Waals surface area contributed by atoms with Crippen LogP contribution >= 0.6 is 23.1 Å². The number of thioether (sulfide) groups is 1. The summed E-state index contributed by atoms with van der Waals surface area (Å²) in [4.78, 5) is 13.1. The molecule has 0 aliphatic carbocycles. The smallest absolute Gasteiger partial charge is 0.263 e. The summed E-state index contributed by atoms with van der Waals surface area (Å²) in [7, 11) is 0. The molecule has 21 heavy (non-hydrogen) atoms. The van der Waals surface area contributed by atoms with Crippen LogP contribution in [-0.2, 0) is 0 Å². The number of nitrogens with one attached hydrogen (secondary N) is 1. The number of hydrogen-bond acceptors (Lipinski definition) is 4. The molecule has 0 atom stereocenters. The maximum atomic E-state index is 12.4. The van der Waals surface area contributed by atoms with Crippen molar-refractivity contribution in [2.45, 2.75) is 31.4 Å². The Labute approximate surface area is 134 Å². The van der Waals surface area contributed by atoms with Gasteiger partial charge in [-0.25, -0.2) is 0 Å². The highest BCUT2D eigenvalue weighted by molar-refractivity contribution is 8.00. The molecule has 0 fully saturated rings. The number of hydrogen-bond donors (Lipinski definition) is 2. The number of amides is 1. The number of anilines is 1. The molecule has 0 saturated carbocycles. The molecule has 1 heterocycles. The summed E-state index contributed by atoms with van der Waals surface area (Å²) in [6.07, 6.45) is 4.17. The molecular weight excluding hydrogens is 300 g/mol.